The van der Waals surface area contributed by atoms with Gasteiger partial charge in [0.15, 0.2) is 0 Å². The Hall–Kier alpha value is -0.814. The van der Waals surface area contributed by atoms with E-state index in [1.165, 1.54) is 51.4 Å². The molecule has 0 aromatic heterocycles. The fourth-order valence-electron chi connectivity index (χ4n) is 2.09. The molecule has 0 aliphatic heterocycles. The van der Waals surface area contributed by atoms with E-state index in [1.54, 1.807) is 12.2 Å². The molecule has 0 aromatic rings. The van der Waals surface area contributed by atoms with Gasteiger partial charge in [-0.25, -0.2) is 0 Å². The summed E-state index contributed by atoms with van der Waals surface area (Å²) in [5.74, 6) is -2.19. The van der Waals surface area contributed by atoms with Crippen molar-refractivity contribution in [3.63, 3.8) is 0 Å². The van der Waals surface area contributed by atoms with E-state index in [-0.39, 0.29) is 23.1 Å². The molecule has 0 spiro atoms. The quantitative estimate of drug-likeness (QED) is 0.270. The number of unbranched alkanes of at least 4 members (excludes halogenated alkanes) is 10. The van der Waals surface area contributed by atoms with Crippen LogP contribution in [-0.4, -0.2) is 35.0 Å². The Bertz CT molecular complexity index is 318. The first-order chi connectivity index (χ1) is 11.5. The first-order valence-corrected chi connectivity index (χ1v) is 9.29. The van der Waals surface area contributed by atoms with Gasteiger partial charge < -0.3 is 19.8 Å². The molecule has 0 aliphatic rings. The molecule has 140 valence electrons. The summed E-state index contributed by atoms with van der Waals surface area (Å²) in [5.41, 5.74) is 0. The summed E-state index contributed by atoms with van der Waals surface area (Å²) in [5, 5.41) is 19.9. The van der Waals surface area contributed by atoms with Crippen LogP contribution in [0, 0.1) is 0 Å². The van der Waals surface area contributed by atoms with Gasteiger partial charge in [0, 0.05) is 0 Å². The van der Waals surface area contributed by atoms with Gasteiger partial charge in [0.2, 0.25) is 0 Å². The third-order valence-corrected chi connectivity index (χ3v) is 3.46. The largest absolute Gasteiger partial charge is 2.00 e. The average Bonchev–Trinajstić information content (AvgIpc) is 2.53. The van der Waals surface area contributed by atoms with Gasteiger partial charge in [-0.15, -0.1) is 0 Å². The van der Waals surface area contributed by atoms with E-state index in [0.717, 1.165) is 37.8 Å². The van der Waals surface area contributed by atoms with Crippen molar-refractivity contribution in [3.05, 3.63) is 24.3 Å². The van der Waals surface area contributed by atoms with Crippen LogP contribution < -0.4 is 10.2 Å². The zero-order chi connectivity index (χ0) is 18.5. The van der Waals surface area contributed by atoms with Crippen LogP contribution in [0.2, 0.25) is 0 Å². The van der Waals surface area contributed by atoms with E-state index in [9.17, 15) is 19.8 Å². The average molecular weight is 363 g/mol. The fourth-order valence-corrected chi connectivity index (χ4v) is 2.09. The summed E-state index contributed by atoms with van der Waals surface area (Å²) in [7, 11) is 0. The van der Waals surface area contributed by atoms with Crippen LogP contribution in [0.4, 0.5) is 0 Å². The van der Waals surface area contributed by atoms with Crippen molar-refractivity contribution in [2.24, 2.45) is 0 Å². The fraction of sp³-hybridized carbons (Fsp3) is 0.700. The van der Waals surface area contributed by atoms with E-state index in [2.05, 4.69) is 13.8 Å². The van der Waals surface area contributed by atoms with Crippen molar-refractivity contribution in [3.8, 4) is 0 Å². The molecule has 4 nitrogen and oxygen atoms in total. The number of carbonyl (C=O) groups is 2. The molecule has 0 N–H and O–H groups in total. The van der Waals surface area contributed by atoms with Crippen molar-refractivity contribution < 1.29 is 19.8 Å². The monoisotopic (exact) mass is 362 g/mol. The summed E-state index contributed by atoms with van der Waals surface area (Å²) in [6.07, 6.45) is 19.4. The van der Waals surface area contributed by atoms with Gasteiger partial charge in [-0.1, -0.05) is 77.4 Å². The smallest absolute Gasteiger partial charge is 0.545 e. The molecule has 0 aromatic carbocycles. The molecule has 0 saturated heterocycles. The van der Waals surface area contributed by atoms with Gasteiger partial charge in [-0.3, -0.25) is 0 Å². The molecule has 0 atom stereocenters. The molecule has 0 fully saturated rings. The topological polar surface area (TPSA) is 80.3 Å². The summed E-state index contributed by atoms with van der Waals surface area (Å²) >= 11 is 0. The van der Waals surface area contributed by atoms with Crippen LogP contribution in [0.15, 0.2) is 24.3 Å². The van der Waals surface area contributed by atoms with Crippen molar-refractivity contribution in [2.45, 2.75) is 90.9 Å². The van der Waals surface area contributed by atoms with Crippen LogP contribution in [0.5, 0.6) is 0 Å². The van der Waals surface area contributed by atoms with E-state index in [4.69, 9.17) is 0 Å². The van der Waals surface area contributed by atoms with Crippen molar-refractivity contribution in [1.82, 2.24) is 0 Å². The number of carboxylic acid groups (broad SMARTS) is 2. The molecule has 0 rings (SSSR count). The summed E-state index contributed by atoms with van der Waals surface area (Å²) in [4.78, 5) is 19.9. The normalized spacial score (nSPS) is 10.3. The minimum atomic E-state index is -1.09. The summed E-state index contributed by atoms with van der Waals surface area (Å²) < 4.78 is 0. The first kappa shape index (κ1) is 29.0. The van der Waals surface area contributed by atoms with Gasteiger partial charge in [0.05, 0.1) is 11.9 Å². The molecule has 0 amide bonds. The molecule has 0 aliphatic carbocycles. The standard InChI is InChI=1S/2C10H18O2.Mg/c2*1-2-3-4-5-6-7-8-9-10(11)12;/h2*8-9H,2-7H2,1H3,(H,11,12);/q;;+2/p-2. The number of hydrogen-bond acceptors (Lipinski definition) is 4. The predicted octanol–water partition coefficient (Wildman–Crippen LogP) is 2.93. The number of carbonyl (C=O) groups excluding carboxylic acids is 2. The predicted molar refractivity (Wildman–Crippen MR) is 101 cm³/mol. The van der Waals surface area contributed by atoms with Crippen molar-refractivity contribution in [2.75, 3.05) is 0 Å². The zero-order valence-electron chi connectivity index (χ0n) is 16.1. The minimum Gasteiger partial charge on any atom is -0.545 e. The van der Waals surface area contributed by atoms with E-state index < -0.39 is 11.9 Å². The second kappa shape index (κ2) is 25.4. The molecular formula is C20H34MgO4. The van der Waals surface area contributed by atoms with Gasteiger partial charge >= 0.3 is 23.1 Å². The maximum atomic E-state index is 9.94. The second-order valence-corrected chi connectivity index (χ2v) is 5.85. The maximum Gasteiger partial charge on any atom is 2.00 e. The molecule has 0 heterocycles. The van der Waals surface area contributed by atoms with E-state index in [0.29, 0.717) is 0 Å². The molecule has 0 bridgehead atoms. The van der Waals surface area contributed by atoms with Crippen LogP contribution in [0.3, 0.4) is 0 Å². The molecular weight excluding hydrogens is 329 g/mol. The molecule has 0 saturated carbocycles. The summed E-state index contributed by atoms with van der Waals surface area (Å²) in [6, 6.07) is 0. The second-order valence-electron chi connectivity index (χ2n) is 5.85. The SMILES string of the molecule is CCCCCCCC=CC(=O)[O-].CCCCCCCC=CC(=O)[O-].[Mg+2]. The van der Waals surface area contributed by atoms with E-state index in [1.807, 2.05) is 0 Å². The number of allylic oxidation sites excluding steroid dienone is 2. The summed E-state index contributed by atoms with van der Waals surface area (Å²) in [6.45, 7) is 4.35. The van der Waals surface area contributed by atoms with Crippen molar-refractivity contribution in [1.29, 1.82) is 0 Å². The Morgan fingerprint density at radius 1 is 0.640 bits per heavy atom. The molecule has 0 unspecified atom stereocenters. The van der Waals surface area contributed by atoms with E-state index >= 15 is 0 Å². The Morgan fingerprint density at radius 3 is 1.24 bits per heavy atom. The third-order valence-electron chi connectivity index (χ3n) is 3.46. The minimum absolute atomic E-state index is 0. The Balaban J connectivity index is -0.000000372. The zero-order valence-corrected chi connectivity index (χ0v) is 17.5. The van der Waals surface area contributed by atoms with Gasteiger partial charge in [-0.2, -0.15) is 0 Å². The number of aliphatic carboxylic acids is 2. The van der Waals surface area contributed by atoms with Crippen molar-refractivity contribution >= 4 is 35.0 Å². The van der Waals surface area contributed by atoms with Gasteiger partial charge in [-0.05, 0) is 37.8 Å². The van der Waals surface area contributed by atoms with Crippen LogP contribution in [-0.2, 0) is 9.59 Å². The third kappa shape index (κ3) is 35.2. The van der Waals surface area contributed by atoms with Gasteiger partial charge in [0.25, 0.3) is 0 Å². The van der Waals surface area contributed by atoms with Crippen LogP contribution >= 0.6 is 0 Å². The number of carboxylic acids is 2. The Morgan fingerprint density at radius 2 is 0.960 bits per heavy atom. The van der Waals surface area contributed by atoms with Gasteiger partial charge in [0.1, 0.15) is 0 Å². The Kier molecular flexibility index (Phi) is 29.5. The van der Waals surface area contributed by atoms with Crippen LogP contribution in [0.1, 0.15) is 90.9 Å². The number of rotatable bonds is 14. The van der Waals surface area contributed by atoms with Crippen LogP contribution in [0.25, 0.3) is 0 Å². The Labute approximate surface area is 169 Å². The maximum absolute atomic E-state index is 9.94. The molecule has 25 heavy (non-hydrogen) atoms. The first-order valence-electron chi connectivity index (χ1n) is 9.29. The molecule has 5 heteroatoms. The number of hydrogen-bond donors (Lipinski definition) is 0. The molecule has 0 radical (unpaired) electrons.